The van der Waals surface area contributed by atoms with E-state index in [2.05, 4.69) is 0 Å². The van der Waals surface area contributed by atoms with E-state index in [0.29, 0.717) is 12.8 Å². The van der Waals surface area contributed by atoms with E-state index >= 15 is 0 Å². The van der Waals surface area contributed by atoms with E-state index in [9.17, 15) is 9.90 Å². The van der Waals surface area contributed by atoms with Gasteiger partial charge in [-0.05, 0) is 44.7 Å². The van der Waals surface area contributed by atoms with Crippen LogP contribution in [0, 0.1) is 5.41 Å². The summed E-state index contributed by atoms with van der Waals surface area (Å²) in [6.07, 6.45) is 0.788. The minimum Gasteiger partial charge on any atom is -0.481 e. The lowest BCUT2D eigenvalue weighted by Crippen LogP contribution is -2.26. The van der Waals surface area contributed by atoms with Crippen molar-refractivity contribution in [1.82, 2.24) is 0 Å². The first-order valence-corrected chi connectivity index (χ1v) is 5.80. The summed E-state index contributed by atoms with van der Waals surface area (Å²) in [5, 5.41) is 18.3. The Balaban J connectivity index is 2.72. The number of carbonyl (C=O) groups is 1. The van der Waals surface area contributed by atoms with Crippen LogP contribution in [-0.2, 0) is 17.6 Å². The van der Waals surface area contributed by atoms with Crippen molar-refractivity contribution in [3.63, 3.8) is 0 Å². The lowest BCUT2D eigenvalue weighted by Gasteiger charge is -2.19. The second kappa shape index (κ2) is 5.32. The highest BCUT2D eigenvalue weighted by molar-refractivity contribution is 5.74. The molecule has 0 amide bonds. The number of aliphatic hydroxyl groups is 1. The molecule has 94 valence electrons. The standard InChI is InChI=1S/C14H20O3/c1-10(15)8-11-4-6-12(7-5-11)9-14(2,3)13(16)17/h4-7,10,15H,8-9H2,1-3H3,(H,16,17). The Bertz CT molecular complexity index is 377. The third kappa shape index (κ3) is 4.19. The maximum Gasteiger partial charge on any atom is 0.309 e. The molecule has 0 radical (unpaired) electrons. The fourth-order valence-electron chi connectivity index (χ4n) is 1.72. The highest BCUT2D eigenvalue weighted by atomic mass is 16.4. The van der Waals surface area contributed by atoms with Crippen molar-refractivity contribution >= 4 is 5.97 Å². The third-order valence-electron chi connectivity index (χ3n) is 2.78. The van der Waals surface area contributed by atoms with Gasteiger partial charge < -0.3 is 10.2 Å². The summed E-state index contributed by atoms with van der Waals surface area (Å²) in [5.74, 6) is -0.787. The summed E-state index contributed by atoms with van der Waals surface area (Å²) in [6.45, 7) is 5.19. The van der Waals surface area contributed by atoms with Crippen molar-refractivity contribution in [3.8, 4) is 0 Å². The number of carboxylic acid groups (broad SMARTS) is 1. The molecule has 0 saturated heterocycles. The first-order chi connectivity index (χ1) is 7.81. The van der Waals surface area contributed by atoms with Crippen LogP contribution in [0.15, 0.2) is 24.3 Å². The molecule has 0 saturated carbocycles. The van der Waals surface area contributed by atoms with Gasteiger partial charge in [-0.25, -0.2) is 0 Å². The number of hydrogen-bond donors (Lipinski definition) is 2. The van der Waals surface area contributed by atoms with Crippen LogP contribution in [-0.4, -0.2) is 22.3 Å². The molecule has 17 heavy (non-hydrogen) atoms. The molecule has 1 rings (SSSR count). The number of aliphatic carboxylic acids is 1. The van der Waals surface area contributed by atoms with E-state index in [1.807, 2.05) is 24.3 Å². The maximum absolute atomic E-state index is 11.0. The minimum absolute atomic E-state index is 0.351. The Labute approximate surface area is 102 Å². The average Bonchev–Trinajstić information content (AvgIpc) is 2.19. The molecule has 0 spiro atoms. The Hall–Kier alpha value is -1.35. The zero-order valence-corrected chi connectivity index (χ0v) is 10.6. The Morgan fingerprint density at radius 2 is 1.71 bits per heavy atom. The Kier molecular flexibility index (Phi) is 4.29. The van der Waals surface area contributed by atoms with Crippen LogP contribution in [0.25, 0.3) is 0 Å². The molecule has 1 aromatic carbocycles. The van der Waals surface area contributed by atoms with E-state index in [0.717, 1.165) is 11.1 Å². The van der Waals surface area contributed by atoms with Gasteiger partial charge in [0.1, 0.15) is 0 Å². The maximum atomic E-state index is 11.0. The normalized spacial score (nSPS) is 13.4. The van der Waals surface area contributed by atoms with E-state index < -0.39 is 11.4 Å². The van der Waals surface area contributed by atoms with Crippen LogP contribution < -0.4 is 0 Å². The molecule has 0 bridgehead atoms. The minimum atomic E-state index is -0.787. The van der Waals surface area contributed by atoms with Gasteiger partial charge in [0.15, 0.2) is 0 Å². The second-order valence-corrected chi connectivity index (χ2v) is 5.24. The first kappa shape index (κ1) is 13.7. The number of benzene rings is 1. The largest absolute Gasteiger partial charge is 0.481 e. The van der Waals surface area contributed by atoms with Gasteiger partial charge in [-0.2, -0.15) is 0 Å². The lowest BCUT2D eigenvalue weighted by molar-refractivity contribution is -0.146. The average molecular weight is 236 g/mol. The predicted molar refractivity (Wildman–Crippen MR) is 66.9 cm³/mol. The quantitative estimate of drug-likeness (QED) is 0.824. The zero-order chi connectivity index (χ0) is 13.1. The summed E-state index contributed by atoms with van der Waals surface area (Å²) in [6, 6.07) is 7.75. The lowest BCUT2D eigenvalue weighted by atomic mass is 9.85. The van der Waals surface area contributed by atoms with Gasteiger partial charge in [0, 0.05) is 0 Å². The molecular weight excluding hydrogens is 216 g/mol. The van der Waals surface area contributed by atoms with Crippen LogP contribution in [0.1, 0.15) is 31.9 Å². The smallest absolute Gasteiger partial charge is 0.309 e. The predicted octanol–water partition coefficient (Wildman–Crippen LogP) is 2.26. The summed E-state index contributed by atoms with van der Waals surface area (Å²) < 4.78 is 0. The van der Waals surface area contributed by atoms with E-state index in [-0.39, 0.29) is 6.10 Å². The van der Waals surface area contributed by atoms with Gasteiger partial charge in [0.2, 0.25) is 0 Å². The zero-order valence-electron chi connectivity index (χ0n) is 10.6. The van der Waals surface area contributed by atoms with Crippen molar-refractivity contribution in [2.24, 2.45) is 5.41 Å². The molecule has 3 heteroatoms. The van der Waals surface area contributed by atoms with Crippen LogP contribution in [0.3, 0.4) is 0 Å². The van der Waals surface area contributed by atoms with Crippen molar-refractivity contribution in [1.29, 1.82) is 0 Å². The van der Waals surface area contributed by atoms with Gasteiger partial charge in [-0.3, -0.25) is 4.79 Å². The van der Waals surface area contributed by atoms with Crippen molar-refractivity contribution < 1.29 is 15.0 Å². The van der Waals surface area contributed by atoms with Crippen molar-refractivity contribution in [2.75, 3.05) is 0 Å². The number of hydrogen-bond acceptors (Lipinski definition) is 2. The van der Waals surface area contributed by atoms with Crippen molar-refractivity contribution in [3.05, 3.63) is 35.4 Å². The summed E-state index contributed by atoms with van der Waals surface area (Å²) in [7, 11) is 0. The number of rotatable bonds is 5. The van der Waals surface area contributed by atoms with E-state index in [1.165, 1.54) is 0 Å². The van der Waals surface area contributed by atoms with Crippen LogP contribution in [0.4, 0.5) is 0 Å². The molecular formula is C14H20O3. The van der Waals surface area contributed by atoms with Gasteiger partial charge in [-0.1, -0.05) is 24.3 Å². The SMILES string of the molecule is CC(O)Cc1ccc(CC(C)(C)C(=O)O)cc1. The molecule has 1 aromatic rings. The van der Waals surface area contributed by atoms with Crippen LogP contribution in [0.5, 0.6) is 0 Å². The topological polar surface area (TPSA) is 57.5 Å². The second-order valence-electron chi connectivity index (χ2n) is 5.24. The van der Waals surface area contributed by atoms with Crippen LogP contribution in [0.2, 0.25) is 0 Å². The van der Waals surface area contributed by atoms with E-state index in [4.69, 9.17) is 5.11 Å². The first-order valence-electron chi connectivity index (χ1n) is 5.80. The molecule has 1 atom stereocenters. The molecule has 0 fully saturated rings. The van der Waals surface area contributed by atoms with E-state index in [1.54, 1.807) is 20.8 Å². The fourth-order valence-corrected chi connectivity index (χ4v) is 1.72. The number of aliphatic hydroxyl groups excluding tert-OH is 1. The molecule has 0 aliphatic rings. The van der Waals surface area contributed by atoms with Gasteiger partial charge in [-0.15, -0.1) is 0 Å². The molecule has 2 N–H and O–H groups in total. The van der Waals surface area contributed by atoms with Gasteiger partial charge in [0.05, 0.1) is 11.5 Å². The highest BCUT2D eigenvalue weighted by Gasteiger charge is 2.27. The van der Waals surface area contributed by atoms with Crippen LogP contribution >= 0.6 is 0 Å². The summed E-state index contributed by atoms with van der Waals surface area (Å²) in [4.78, 5) is 11.0. The summed E-state index contributed by atoms with van der Waals surface area (Å²) >= 11 is 0. The molecule has 0 aromatic heterocycles. The highest BCUT2D eigenvalue weighted by Crippen LogP contribution is 2.22. The Morgan fingerprint density at radius 3 is 2.12 bits per heavy atom. The third-order valence-corrected chi connectivity index (χ3v) is 2.78. The van der Waals surface area contributed by atoms with Gasteiger partial charge in [0.25, 0.3) is 0 Å². The fraction of sp³-hybridized carbons (Fsp3) is 0.500. The summed E-state index contributed by atoms with van der Waals surface area (Å²) in [5.41, 5.74) is 1.33. The van der Waals surface area contributed by atoms with Crippen molar-refractivity contribution in [2.45, 2.75) is 39.7 Å². The number of carboxylic acids is 1. The van der Waals surface area contributed by atoms with Gasteiger partial charge >= 0.3 is 5.97 Å². The molecule has 0 aliphatic carbocycles. The molecule has 0 aliphatic heterocycles. The monoisotopic (exact) mass is 236 g/mol. The molecule has 1 unspecified atom stereocenters. The molecule has 0 heterocycles. The Morgan fingerprint density at radius 1 is 1.24 bits per heavy atom. The molecule has 3 nitrogen and oxygen atoms in total.